The lowest BCUT2D eigenvalue weighted by Gasteiger charge is -2.10. The molecule has 2 N–H and O–H groups in total. The van der Waals surface area contributed by atoms with Crippen molar-refractivity contribution >= 4 is 22.4 Å². The molecule has 2 aromatic rings. The van der Waals surface area contributed by atoms with E-state index in [1.807, 2.05) is 18.4 Å². The van der Waals surface area contributed by atoms with E-state index in [-0.39, 0.29) is 5.91 Å². The largest absolute Gasteiger partial charge is 0.362 e. The minimum absolute atomic E-state index is 0.0882. The van der Waals surface area contributed by atoms with Crippen LogP contribution in [0.2, 0.25) is 0 Å². The van der Waals surface area contributed by atoms with Crippen LogP contribution in [-0.4, -0.2) is 38.7 Å². The molecule has 7 nitrogen and oxygen atoms in total. The number of carbonyl (C=O) groups is 1. The van der Waals surface area contributed by atoms with Crippen molar-refractivity contribution in [3.8, 4) is 0 Å². The molecule has 120 valence electrons. The van der Waals surface area contributed by atoms with Crippen LogP contribution in [0.25, 0.3) is 0 Å². The monoisotopic (exact) mass is 322 g/mol. The molecular formula is C14H22N6OS. The number of thiazole rings is 1. The zero-order valence-electron chi connectivity index (χ0n) is 13.4. The van der Waals surface area contributed by atoms with E-state index in [2.05, 4.69) is 39.7 Å². The minimum atomic E-state index is -0.0882. The first-order valence-corrected chi connectivity index (χ1v) is 8.22. The van der Waals surface area contributed by atoms with Crippen molar-refractivity contribution in [3.63, 3.8) is 0 Å². The maximum Gasteiger partial charge on any atom is 0.263 e. The molecule has 1 amide bonds. The third kappa shape index (κ3) is 3.82. The second-order valence-electron chi connectivity index (χ2n) is 5.22. The van der Waals surface area contributed by atoms with Crippen molar-refractivity contribution in [2.75, 3.05) is 18.4 Å². The van der Waals surface area contributed by atoms with Gasteiger partial charge in [-0.25, -0.2) is 4.98 Å². The lowest BCUT2D eigenvalue weighted by atomic mass is 10.3. The maximum atomic E-state index is 12.2. The molecule has 0 saturated heterocycles. The summed E-state index contributed by atoms with van der Waals surface area (Å²) in [7, 11) is 0. The fraction of sp³-hybridized carbons (Fsp3) is 0.571. The van der Waals surface area contributed by atoms with Gasteiger partial charge in [-0.15, -0.1) is 10.2 Å². The zero-order valence-corrected chi connectivity index (χ0v) is 14.2. The number of hydrogen-bond donors (Lipinski definition) is 2. The van der Waals surface area contributed by atoms with E-state index in [4.69, 9.17) is 0 Å². The van der Waals surface area contributed by atoms with Gasteiger partial charge in [0.2, 0.25) is 0 Å². The molecule has 0 aromatic carbocycles. The summed E-state index contributed by atoms with van der Waals surface area (Å²) < 4.78 is 2.01. The summed E-state index contributed by atoms with van der Waals surface area (Å²) in [5.41, 5.74) is 0.754. The van der Waals surface area contributed by atoms with Crippen LogP contribution in [0.3, 0.4) is 0 Å². The molecule has 2 rings (SSSR count). The van der Waals surface area contributed by atoms with Gasteiger partial charge in [0.15, 0.2) is 5.13 Å². The predicted molar refractivity (Wildman–Crippen MR) is 87.5 cm³/mol. The molecule has 0 saturated carbocycles. The number of rotatable bonds is 7. The summed E-state index contributed by atoms with van der Waals surface area (Å²) in [6.07, 6.45) is 2.37. The fourth-order valence-corrected chi connectivity index (χ4v) is 3.03. The topological polar surface area (TPSA) is 84.7 Å². The van der Waals surface area contributed by atoms with Gasteiger partial charge in [0, 0.05) is 25.6 Å². The van der Waals surface area contributed by atoms with Crippen molar-refractivity contribution in [1.29, 1.82) is 0 Å². The zero-order chi connectivity index (χ0) is 16.1. The third-order valence-electron chi connectivity index (χ3n) is 3.17. The van der Waals surface area contributed by atoms with Crippen LogP contribution in [-0.2, 0) is 6.42 Å². The number of aromatic nitrogens is 4. The smallest absolute Gasteiger partial charge is 0.263 e. The second-order valence-corrected chi connectivity index (χ2v) is 6.22. The van der Waals surface area contributed by atoms with Crippen LogP contribution in [0, 0.1) is 6.92 Å². The number of nitrogens with zero attached hydrogens (tertiary/aromatic N) is 4. The molecule has 0 fully saturated rings. The van der Waals surface area contributed by atoms with E-state index in [0.717, 1.165) is 23.2 Å². The van der Waals surface area contributed by atoms with Gasteiger partial charge in [0.1, 0.15) is 17.0 Å². The van der Waals surface area contributed by atoms with Gasteiger partial charge in [-0.05, 0) is 27.7 Å². The van der Waals surface area contributed by atoms with Crippen molar-refractivity contribution in [1.82, 2.24) is 25.1 Å². The Hall–Kier alpha value is -1.96. The SMILES string of the molecule is CCNc1nc(C)c(C(=O)NCCc2nncn2C(C)C)s1. The van der Waals surface area contributed by atoms with E-state index in [1.165, 1.54) is 11.3 Å². The Morgan fingerprint density at radius 2 is 2.23 bits per heavy atom. The number of amides is 1. The van der Waals surface area contributed by atoms with Crippen LogP contribution >= 0.6 is 11.3 Å². The van der Waals surface area contributed by atoms with Gasteiger partial charge >= 0.3 is 0 Å². The first-order valence-electron chi connectivity index (χ1n) is 7.40. The molecule has 2 aromatic heterocycles. The first kappa shape index (κ1) is 16.4. The Balaban J connectivity index is 1.91. The molecule has 0 spiro atoms. The molecule has 2 heterocycles. The minimum Gasteiger partial charge on any atom is -0.362 e. The average Bonchev–Trinajstić information content (AvgIpc) is 3.06. The molecule has 0 aliphatic carbocycles. The van der Waals surface area contributed by atoms with E-state index in [9.17, 15) is 4.79 Å². The molecule has 8 heteroatoms. The standard InChI is InChI=1S/C14H22N6OS/c1-5-15-14-18-10(4)12(22-14)13(21)16-7-6-11-19-17-8-20(11)9(2)3/h8-9H,5-7H2,1-4H3,(H,15,18)(H,16,21). The van der Waals surface area contributed by atoms with Crippen molar-refractivity contribution in [2.45, 2.75) is 40.2 Å². The van der Waals surface area contributed by atoms with Gasteiger partial charge in [-0.2, -0.15) is 0 Å². The molecule has 0 bridgehead atoms. The Morgan fingerprint density at radius 1 is 1.45 bits per heavy atom. The number of carbonyl (C=O) groups excluding carboxylic acids is 1. The van der Waals surface area contributed by atoms with Gasteiger partial charge in [0.05, 0.1) is 5.69 Å². The Bertz CT molecular complexity index is 633. The molecule has 0 radical (unpaired) electrons. The normalized spacial score (nSPS) is 11.0. The van der Waals surface area contributed by atoms with Gasteiger partial charge < -0.3 is 15.2 Å². The van der Waals surface area contributed by atoms with E-state index in [1.54, 1.807) is 6.33 Å². The van der Waals surface area contributed by atoms with E-state index in [0.29, 0.717) is 23.9 Å². The third-order valence-corrected chi connectivity index (χ3v) is 4.28. The molecule has 22 heavy (non-hydrogen) atoms. The van der Waals surface area contributed by atoms with Crippen molar-refractivity contribution < 1.29 is 4.79 Å². The van der Waals surface area contributed by atoms with Crippen LogP contribution < -0.4 is 10.6 Å². The van der Waals surface area contributed by atoms with Gasteiger partial charge in [-0.1, -0.05) is 11.3 Å². The maximum absolute atomic E-state index is 12.2. The Kier molecular flexibility index (Phi) is 5.48. The second kappa shape index (κ2) is 7.35. The summed E-state index contributed by atoms with van der Waals surface area (Å²) in [5.74, 6) is 0.791. The molecule has 0 aliphatic rings. The van der Waals surface area contributed by atoms with Crippen LogP contribution in [0.1, 0.15) is 48.0 Å². The number of hydrogen-bond acceptors (Lipinski definition) is 6. The van der Waals surface area contributed by atoms with Crippen molar-refractivity contribution in [3.05, 3.63) is 22.7 Å². The van der Waals surface area contributed by atoms with Gasteiger partial charge in [-0.3, -0.25) is 4.79 Å². The predicted octanol–water partition coefficient (Wildman–Crippen LogP) is 2.03. The average molecular weight is 322 g/mol. The summed E-state index contributed by atoms with van der Waals surface area (Å²) in [6.45, 7) is 9.32. The quantitative estimate of drug-likeness (QED) is 0.815. The van der Waals surface area contributed by atoms with E-state index < -0.39 is 0 Å². The van der Waals surface area contributed by atoms with E-state index >= 15 is 0 Å². The van der Waals surface area contributed by atoms with Crippen LogP contribution in [0.5, 0.6) is 0 Å². The highest BCUT2D eigenvalue weighted by atomic mass is 32.1. The lowest BCUT2D eigenvalue weighted by Crippen LogP contribution is -2.26. The Morgan fingerprint density at radius 3 is 2.91 bits per heavy atom. The highest BCUT2D eigenvalue weighted by Crippen LogP contribution is 2.22. The highest BCUT2D eigenvalue weighted by molar-refractivity contribution is 7.17. The highest BCUT2D eigenvalue weighted by Gasteiger charge is 2.15. The number of aryl methyl sites for hydroxylation is 1. The van der Waals surface area contributed by atoms with Crippen LogP contribution in [0.15, 0.2) is 6.33 Å². The summed E-state index contributed by atoms with van der Waals surface area (Å²) in [5, 5.41) is 14.8. The molecule has 0 unspecified atom stereocenters. The number of anilines is 1. The van der Waals surface area contributed by atoms with Gasteiger partial charge in [0.25, 0.3) is 5.91 Å². The van der Waals surface area contributed by atoms with Crippen LogP contribution in [0.4, 0.5) is 5.13 Å². The van der Waals surface area contributed by atoms with Crippen molar-refractivity contribution in [2.24, 2.45) is 0 Å². The Labute approximate surface area is 134 Å². The number of nitrogens with one attached hydrogen (secondary N) is 2. The molecule has 0 aliphatic heterocycles. The molecule has 0 atom stereocenters. The fourth-order valence-electron chi connectivity index (χ4n) is 2.08. The summed E-state index contributed by atoms with van der Waals surface area (Å²) >= 11 is 1.38. The summed E-state index contributed by atoms with van der Waals surface area (Å²) in [4.78, 5) is 17.2. The summed E-state index contributed by atoms with van der Waals surface area (Å²) in [6, 6.07) is 0.312. The first-order chi connectivity index (χ1) is 10.5. The molecular weight excluding hydrogens is 300 g/mol. The lowest BCUT2D eigenvalue weighted by molar-refractivity contribution is 0.0957.